The molecule has 1 saturated heterocycles. The normalized spacial score (nSPS) is 13.6. The molecule has 174 valence electrons. The maximum atomic E-state index is 14.5. The fourth-order valence-electron chi connectivity index (χ4n) is 4.60. The molecular formula is C28H23FN4O2. The number of fused-ring (bicyclic) bond motifs is 2. The molecule has 4 aromatic rings. The number of anilines is 1. The Morgan fingerprint density at radius 2 is 2.00 bits per heavy atom. The van der Waals surface area contributed by atoms with E-state index in [2.05, 4.69) is 22.4 Å². The van der Waals surface area contributed by atoms with Gasteiger partial charge in [0, 0.05) is 49.4 Å². The molecule has 0 bridgehead atoms. The Morgan fingerprint density at radius 1 is 1.20 bits per heavy atom. The number of hydrogen-bond acceptors (Lipinski definition) is 5. The van der Waals surface area contributed by atoms with E-state index < -0.39 is 5.82 Å². The minimum Gasteiger partial charge on any atom is -0.481 e. The number of terminal acetylenes is 1. The number of halogens is 1. The Hall–Kier alpha value is -4.44. The summed E-state index contributed by atoms with van der Waals surface area (Å²) in [4.78, 5) is 25.3. The molecule has 3 heterocycles. The summed E-state index contributed by atoms with van der Waals surface area (Å²) in [5, 5.41) is 1.52. The molecule has 1 aliphatic rings. The molecule has 0 radical (unpaired) electrons. The maximum Gasteiger partial charge on any atom is 0.246 e. The molecule has 1 aliphatic heterocycles. The zero-order valence-corrected chi connectivity index (χ0v) is 19.3. The molecule has 0 atom stereocenters. The maximum absolute atomic E-state index is 14.5. The summed E-state index contributed by atoms with van der Waals surface area (Å²) in [6.07, 6.45) is 8.76. The molecule has 1 amide bonds. The SMILES string of the molecule is C#Cc1c(F)ccc2cccc(-c3cnc4c(N5CCN(C(=O)C=C)CC5)cc(OC)nc4c3)c12. The molecule has 0 N–H and O–H groups in total. The largest absolute Gasteiger partial charge is 0.481 e. The van der Waals surface area contributed by atoms with Gasteiger partial charge in [0.25, 0.3) is 0 Å². The first-order valence-corrected chi connectivity index (χ1v) is 11.2. The van der Waals surface area contributed by atoms with E-state index in [1.54, 1.807) is 24.3 Å². The third-order valence-electron chi connectivity index (χ3n) is 6.37. The van der Waals surface area contributed by atoms with Gasteiger partial charge in [-0.25, -0.2) is 9.37 Å². The van der Waals surface area contributed by atoms with Gasteiger partial charge in [0.15, 0.2) is 0 Å². The Balaban J connectivity index is 1.61. The smallest absolute Gasteiger partial charge is 0.246 e. The minimum atomic E-state index is -0.433. The van der Waals surface area contributed by atoms with Crippen molar-refractivity contribution in [1.82, 2.24) is 14.9 Å². The van der Waals surface area contributed by atoms with Gasteiger partial charge in [-0.2, -0.15) is 0 Å². The zero-order valence-electron chi connectivity index (χ0n) is 19.3. The first kappa shape index (κ1) is 22.4. The number of amides is 1. The van der Waals surface area contributed by atoms with Crippen LogP contribution in [0.1, 0.15) is 5.56 Å². The number of benzene rings is 2. The summed E-state index contributed by atoms with van der Waals surface area (Å²) >= 11 is 0. The second kappa shape index (κ2) is 9.07. The molecule has 1 fully saturated rings. The number of nitrogens with zero attached hydrogens (tertiary/aromatic N) is 4. The molecule has 0 spiro atoms. The van der Waals surface area contributed by atoms with Crippen molar-refractivity contribution in [3.63, 3.8) is 0 Å². The Bertz CT molecular complexity index is 1520. The lowest BCUT2D eigenvalue weighted by Crippen LogP contribution is -2.48. The van der Waals surface area contributed by atoms with Crippen LogP contribution in [-0.4, -0.2) is 54.1 Å². The highest BCUT2D eigenvalue weighted by atomic mass is 19.1. The summed E-state index contributed by atoms with van der Waals surface area (Å²) in [5.41, 5.74) is 4.05. The molecule has 2 aromatic heterocycles. The van der Waals surface area contributed by atoms with Crippen molar-refractivity contribution in [2.24, 2.45) is 0 Å². The molecule has 2 aromatic carbocycles. The van der Waals surface area contributed by atoms with E-state index in [9.17, 15) is 9.18 Å². The van der Waals surface area contributed by atoms with Crippen LogP contribution in [0.25, 0.3) is 32.9 Å². The number of carbonyl (C=O) groups is 1. The number of methoxy groups -OCH3 is 1. The van der Waals surface area contributed by atoms with Gasteiger partial charge >= 0.3 is 0 Å². The van der Waals surface area contributed by atoms with Gasteiger partial charge in [-0.05, 0) is 29.2 Å². The number of carbonyl (C=O) groups excluding carboxylic acids is 1. The Morgan fingerprint density at radius 3 is 2.71 bits per heavy atom. The fourth-order valence-corrected chi connectivity index (χ4v) is 4.60. The summed E-state index contributed by atoms with van der Waals surface area (Å²) in [5.74, 6) is 2.46. The van der Waals surface area contributed by atoms with Crippen LogP contribution in [0.5, 0.6) is 5.88 Å². The van der Waals surface area contributed by atoms with Crippen molar-refractivity contribution >= 4 is 33.4 Å². The number of rotatable bonds is 4. The Kier molecular flexibility index (Phi) is 5.79. The van der Waals surface area contributed by atoms with E-state index in [4.69, 9.17) is 16.1 Å². The summed E-state index contributed by atoms with van der Waals surface area (Å²) in [6.45, 7) is 6.06. The van der Waals surface area contributed by atoms with Gasteiger partial charge in [0.1, 0.15) is 11.3 Å². The van der Waals surface area contributed by atoms with Gasteiger partial charge in [-0.15, -0.1) is 6.42 Å². The van der Waals surface area contributed by atoms with Crippen molar-refractivity contribution in [2.45, 2.75) is 0 Å². The highest BCUT2D eigenvalue weighted by molar-refractivity contribution is 6.02. The molecule has 6 nitrogen and oxygen atoms in total. The van der Waals surface area contributed by atoms with E-state index >= 15 is 0 Å². The first-order chi connectivity index (χ1) is 17.0. The third kappa shape index (κ3) is 3.93. The molecule has 7 heteroatoms. The number of aromatic nitrogens is 2. The van der Waals surface area contributed by atoms with Crippen LogP contribution in [-0.2, 0) is 4.79 Å². The topological polar surface area (TPSA) is 58.6 Å². The van der Waals surface area contributed by atoms with E-state index in [-0.39, 0.29) is 11.5 Å². The van der Waals surface area contributed by atoms with Crippen molar-refractivity contribution in [2.75, 3.05) is 38.2 Å². The lowest BCUT2D eigenvalue weighted by atomic mass is 9.95. The molecular weight excluding hydrogens is 443 g/mol. The van der Waals surface area contributed by atoms with E-state index in [1.807, 2.05) is 30.3 Å². The second-order valence-electron chi connectivity index (χ2n) is 8.26. The molecule has 35 heavy (non-hydrogen) atoms. The minimum absolute atomic E-state index is 0.0672. The van der Waals surface area contributed by atoms with Crippen molar-refractivity contribution in [3.05, 3.63) is 72.7 Å². The fraction of sp³-hybridized carbons (Fsp3) is 0.179. The van der Waals surface area contributed by atoms with Crippen molar-refractivity contribution in [1.29, 1.82) is 0 Å². The average Bonchev–Trinajstić information content (AvgIpc) is 2.91. The molecule has 5 rings (SSSR count). The third-order valence-corrected chi connectivity index (χ3v) is 6.37. The summed E-state index contributed by atoms with van der Waals surface area (Å²) in [6, 6.07) is 12.6. The van der Waals surface area contributed by atoms with Gasteiger partial charge in [0.2, 0.25) is 11.8 Å². The number of piperazine rings is 1. The van der Waals surface area contributed by atoms with Crippen LogP contribution in [0, 0.1) is 18.2 Å². The van der Waals surface area contributed by atoms with Crippen LogP contribution < -0.4 is 9.64 Å². The highest BCUT2D eigenvalue weighted by Gasteiger charge is 2.23. The van der Waals surface area contributed by atoms with Crippen LogP contribution in [0.3, 0.4) is 0 Å². The lowest BCUT2D eigenvalue weighted by molar-refractivity contribution is -0.126. The molecule has 0 aliphatic carbocycles. The van der Waals surface area contributed by atoms with Crippen LogP contribution in [0.15, 0.2) is 61.3 Å². The van der Waals surface area contributed by atoms with Crippen LogP contribution in [0.4, 0.5) is 10.1 Å². The van der Waals surface area contributed by atoms with Gasteiger partial charge in [0.05, 0.1) is 23.9 Å². The predicted octanol–water partition coefficient (Wildman–Crippen LogP) is 4.41. The van der Waals surface area contributed by atoms with Crippen molar-refractivity contribution in [3.8, 4) is 29.4 Å². The quantitative estimate of drug-likeness (QED) is 0.329. The number of pyridine rings is 2. The summed E-state index contributed by atoms with van der Waals surface area (Å²) < 4.78 is 20.0. The average molecular weight is 467 g/mol. The number of ether oxygens (including phenoxy) is 1. The standard InChI is InChI=1S/C28H23FN4O2/c1-4-20-22(29)10-9-18-7-6-8-21(27(18)20)19-15-23-28(30-17-19)24(16-25(31-23)35-3)32-11-13-33(14-12-32)26(34)5-2/h1,5-10,15-17H,2,11-14H2,3H3. The molecule has 0 saturated carbocycles. The number of hydrogen-bond donors (Lipinski definition) is 0. The van der Waals surface area contributed by atoms with E-state index in [1.165, 1.54) is 12.1 Å². The predicted molar refractivity (Wildman–Crippen MR) is 136 cm³/mol. The Labute approximate surface area is 202 Å². The summed E-state index contributed by atoms with van der Waals surface area (Å²) in [7, 11) is 1.57. The van der Waals surface area contributed by atoms with Crippen LogP contribution >= 0.6 is 0 Å². The lowest BCUT2D eigenvalue weighted by Gasteiger charge is -2.36. The monoisotopic (exact) mass is 466 g/mol. The van der Waals surface area contributed by atoms with Gasteiger partial charge < -0.3 is 14.5 Å². The second-order valence-corrected chi connectivity index (χ2v) is 8.26. The van der Waals surface area contributed by atoms with E-state index in [0.717, 1.165) is 27.7 Å². The van der Waals surface area contributed by atoms with Gasteiger partial charge in [-0.3, -0.25) is 9.78 Å². The first-order valence-electron chi connectivity index (χ1n) is 11.2. The van der Waals surface area contributed by atoms with Crippen molar-refractivity contribution < 1.29 is 13.9 Å². The highest BCUT2D eigenvalue weighted by Crippen LogP contribution is 2.35. The van der Waals surface area contributed by atoms with Gasteiger partial charge in [-0.1, -0.05) is 36.8 Å². The zero-order chi connectivity index (χ0) is 24.5. The van der Waals surface area contributed by atoms with Crippen LogP contribution in [0.2, 0.25) is 0 Å². The van der Waals surface area contributed by atoms with E-state index in [0.29, 0.717) is 43.0 Å². The molecule has 0 unspecified atom stereocenters.